The lowest BCUT2D eigenvalue weighted by Gasteiger charge is -2.67. The molecule has 4 N–H and O–H groups in total. The number of carbonyl (C=O) groups is 1. The summed E-state index contributed by atoms with van der Waals surface area (Å²) in [5.41, 5.74) is -1.02. The highest BCUT2D eigenvalue weighted by atomic mass is 16.5. The normalized spacial score (nSPS) is 35.9. The molecule has 3 saturated carbocycles. The molecule has 170 valence electrons. The van der Waals surface area contributed by atoms with Gasteiger partial charge in [0.15, 0.2) is 0 Å². The van der Waals surface area contributed by atoms with Gasteiger partial charge in [-0.2, -0.15) is 0 Å². The Bertz CT molecular complexity index is 881. The molecule has 1 aromatic carbocycles. The summed E-state index contributed by atoms with van der Waals surface area (Å²) in [7, 11) is 0. The van der Waals surface area contributed by atoms with E-state index >= 15 is 0 Å². The topological polar surface area (TPSA) is 102 Å². The minimum atomic E-state index is -1.38. The van der Waals surface area contributed by atoms with E-state index in [1.165, 1.54) is 25.3 Å². The average molecular weight is 431 g/mol. The van der Waals surface area contributed by atoms with Crippen LogP contribution in [0.1, 0.15) is 68.0 Å². The van der Waals surface area contributed by atoms with Crippen LogP contribution in [0.4, 0.5) is 0 Å². The van der Waals surface area contributed by atoms with Crippen molar-refractivity contribution in [2.24, 2.45) is 17.3 Å². The number of hydrogen-bond acceptors (Lipinski definition) is 6. The Balaban J connectivity index is 1.38. The third kappa shape index (κ3) is 3.08. The predicted octanol–water partition coefficient (Wildman–Crippen LogP) is 2.20. The molecular formula is C24H34N2O5. The molecular weight excluding hydrogens is 396 g/mol. The van der Waals surface area contributed by atoms with Crippen molar-refractivity contribution < 1.29 is 24.9 Å². The van der Waals surface area contributed by atoms with Crippen LogP contribution >= 0.6 is 0 Å². The van der Waals surface area contributed by atoms with Gasteiger partial charge >= 0.3 is 0 Å². The lowest BCUT2D eigenvalue weighted by molar-refractivity contribution is -0.289. The molecule has 0 radical (unpaired) electrons. The Kier molecular flexibility index (Phi) is 4.99. The molecule has 2 bridgehead atoms. The number of fused-ring (bicyclic) bond motifs is 1. The van der Waals surface area contributed by atoms with Gasteiger partial charge in [0.05, 0.1) is 0 Å². The van der Waals surface area contributed by atoms with Crippen LogP contribution in [0.2, 0.25) is 0 Å². The molecule has 5 aliphatic rings. The van der Waals surface area contributed by atoms with Gasteiger partial charge in [-0.1, -0.05) is 20.3 Å². The number of ether oxygens (including phenoxy) is 1. The minimum Gasteiger partial charge on any atom is -0.507 e. The van der Waals surface area contributed by atoms with Crippen molar-refractivity contribution in [3.8, 4) is 11.5 Å². The fourth-order valence-electron chi connectivity index (χ4n) is 6.52. The van der Waals surface area contributed by atoms with Crippen LogP contribution in [0.25, 0.3) is 0 Å². The molecule has 31 heavy (non-hydrogen) atoms. The number of aromatic hydroxyl groups is 1. The van der Waals surface area contributed by atoms with Crippen molar-refractivity contribution in [1.29, 1.82) is 0 Å². The summed E-state index contributed by atoms with van der Waals surface area (Å²) in [4.78, 5) is 15.3. The number of carbonyl (C=O) groups excluding carboxylic acids is 1. The first-order valence-electron chi connectivity index (χ1n) is 11.7. The monoisotopic (exact) mass is 430 g/mol. The number of aliphatic hydroxyl groups excluding tert-OH is 1. The lowest BCUT2D eigenvalue weighted by Crippen LogP contribution is -2.72. The third-order valence-electron chi connectivity index (χ3n) is 8.59. The van der Waals surface area contributed by atoms with Crippen molar-refractivity contribution in [3.05, 3.63) is 23.3 Å². The molecule has 2 aliphatic heterocycles. The van der Waals surface area contributed by atoms with Gasteiger partial charge < -0.3 is 30.3 Å². The number of likely N-dealkylation sites (tertiary alicyclic amines) is 1. The van der Waals surface area contributed by atoms with E-state index in [9.17, 15) is 20.1 Å². The summed E-state index contributed by atoms with van der Waals surface area (Å²) in [6.07, 6.45) is 3.39. The highest BCUT2D eigenvalue weighted by Gasteiger charge is 2.69. The Hall–Kier alpha value is -1.83. The summed E-state index contributed by atoms with van der Waals surface area (Å²) in [5, 5.41) is 36.2. The quantitative estimate of drug-likeness (QED) is 0.584. The van der Waals surface area contributed by atoms with Crippen LogP contribution < -0.4 is 10.1 Å². The van der Waals surface area contributed by atoms with Crippen molar-refractivity contribution in [2.75, 3.05) is 26.2 Å². The molecule has 3 aliphatic carbocycles. The molecule has 1 amide bonds. The Morgan fingerprint density at radius 2 is 1.97 bits per heavy atom. The van der Waals surface area contributed by atoms with Gasteiger partial charge in [-0.3, -0.25) is 4.79 Å². The number of benzene rings is 1. The molecule has 4 fully saturated rings. The number of hydrogen-bond donors (Lipinski definition) is 4. The highest BCUT2D eigenvalue weighted by molar-refractivity contribution is 6.00. The van der Waals surface area contributed by atoms with E-state index in [2.05, 4.69) is 24.1 Å². The van der Waals surface area contributed by atoms with Crippen molar-refractivity contribution in [2.45, 2.75) is 63.8 Å². The number of aliphatic hydroxyl groups is 2. The maximum absolute atomic E-state index is 13.0. The zero-order valence-electron chi connectivity index (χ0n) is 18.4. The third-order valence-corrected chi connectivity index (χ3v) is 8.59. The summed E-state index contributed by atoms with van der Waals surface area (Å²) in [6, 6.07) is 2.97. The van der Waals surface area contributed by atoms with Gasteiger partial charge in [-0.05, 0) is 68.2 Å². The first-order chi connectivity index (χ1) is 14.7. The zero-order valence-corrected chi connectivity index (χ0v) is 18.4. The fraction of sp³-hybridized carbons (Fsp3) is 0.708. The highest BCUT2D eigenvalue weighted by Crippen LogP contribution is 2.67. The van der Waals surface area contributed by atoms with Crippen LogP contribution in [0.15, 0.2) is 12.1 Å². The SMILES string of the molecule is CC1(C)[C@@H]2C[C@H]1[C@@]1(O)[C@@H](C2)Oc2c(ccc(O)c2C(=O)NCCN2CCCCC2)[C@@H]1O. The number of phenols is 1. The molecule has 5 atom stereocenters. The first kappa shape index (κ1) is 21.0. The van der Waals surface area contributed by atoms with Gasteiger partial charge in [-0.15, -0.1) is 0 Å². The van der Waals surface area contributed by atoms with Crippen molar-refractivity contribution in [1.82, 2.24) is 10.2 Å². The maximum atomic E-state index is 13.0. The van der Waals surface area contributed by atoms with Crippen LogP contribution in [0.5, 0.6) is 11.5 Å². The molecule has 1 aromatic rings. The van der Waals surface area contributed by atoms with Crippen LogP contribution in [-0.4, -0.2) is 64.0 Å². The van der Waals surface area contributed by atoms with Gasteiger partial charge in [0.1, 0.15) is 34.9 Å². The molecule has 7 heteroatoms. The van der Waals surface area contributed by atoms with Crippen LogP contribution in [0, 0.1) is 17.3 Å². The second-order valence-electron chi connectivity index (χ2n) is 10.5. The van der Waals surface area contributed by atoms with E-state index in [4.69, 9.17) is 4.74 Å². The molecule has 0 unspecified atom stereocenters. The van der Waals surface area contributed by atoms with E-state index < -0.39 is 23.7 Å². The fourth-order valence-corrected chi connectivity index (χ4v) is 6.52. The second-order valence-corrected chi connectivity index (χ2v) is 10.5. The number of amides is 1. The number of piperidine rings is 1. The predicted molar refractivity (Wildman–Crippen MR) is 115 cm³/mol. The van der Waals surface area contributed by atoms with Crippen LogP contribution in [0.3, 0.4) is 0 Å². The van der Waals surface area contributed by atoms with Crippen molar-refractivity contribution >= 4 is 5.91 Å². The van der Waals surface area contributed by atoms with E-state index in [-0.39, 0.29) is 28.4 Å². The van der Waals surface area contributed by atoms with E-state index in [1.807, 2.05) is 0 Å². The molecule has 1 saturated heterocycles. The Morgan fingerprint density at radius 3 is 2.68 bits per heavy atom. The molecule has 6 rings (SSSR count). The van der Waals surface area contributed by atoms with Crippen LogP contribution in [-0.2, 0) is 0 Å². The molecule has 0 aromatic heterocycles. The second kappa shape index (κ2) is 7.36. The first-order valence-corrected chi connectivity index (χ1v) is 11.7. The van der Waals surface area contributed by atoms with E-state index in [0.717, 1.165) is 26.1 Å². The smallest absolute Gasteiger partial charge is 0.258 e. The summed E-state index contributed by atoms with van der Waals surface area (Å²) in [5.74, 6) is -0.0339. The van der Waals surface area contributed by atoms with Gasteiger partial charge in [-0.25, -0.2) is 0 Å². The number of nitrogens with one attached hydrogen (secondary N) is 1. The van der Waals surface area contributed by atoms with Crippen molar-refractivity contribution in [3.63, 3.8) is 0 Å². The average Bonchev–Trinajstić information content (AvgIpc) is 2.74. The Morgan fingerprint density at radius 1 is 1.23 bits per heavy atom. The zero-order chi connectivity index (χ0) is 22.0. The minimum absolute atomic E-state index is 0.0516. The number of nitrogens with zero attached hydrogens (tertiary/aromatic N) is 1. The largest absolute Gasteiger partial charge is 0.507 e. The van der Waals surface area contributed by atoms with Gasteiger partial charge in [0.2, 0.25) is 0 Å². The van der Waals surface area contributed by atoms with E-state index in [1.54, 1.807) is 6.07 Å². The number of rotatable bonds is 4. The summed E-state index contributed by atoms with van der Waals surface area (Å²) in [6.45, 7) is 7.63. The molecule has 7 nitrogen and oxygen atoms in total. The molecule has 2 heterocycles. The summed E-state index contributed by atoms with van der Waals surface area (Å²) < 4.78 is 6.19. The number of phenolic OH excluding ortho intramolecular Hbond substituents is 1. The van der Waals surface area contributed by atoms with Gasteiger partial charge in [0.25, 0.3) is 5.91 Å². The standard InChI is InChI=1S/C24H34N2O5/c1-23(2)14-12-17(23)24(30)18(13-14)31-20-15(21(24)28)6-7-16(27)19(20)22(29)25-8-11-26-9-4-3-5-10-26/h6-7,14,17-18,21,27-28,30H,3-5,8-13H2,1-2H3,(H,25,29)/t14-,17-,18-,21+,24-/m1/s1. The van der Waals surface area contributed by atoms with Gasteiger partial charge in [0, 0.05) is 18.7 Å². The maximum Gasteiger partial charge on any atom is 0.258 e. The summed E-state index contributed by atoms with van der Waals surface area (Å²) >= 11 is 0. The Labute approximate surface area is 183 Å². The molecule has 0 spiro atoms. The van der Waals surface area contributed by atoms with E-state index in [0.29, 0.717) is 24.4 Å². The lowest BCUT2D eigenvalue weighted by atomic mass is 9.42.